The van der Waals surface area contributed by atoms with Gasteiger partial charge in [-0.25, -0.2) is 8.78 Å². The van der Waals surface area contributed by atoms with Gasteiger partial charge in [-0.1, -0.05) is 0 Å². The molecule has 7 heteroatoms. The van der Waals surface area contributed by atoms with Gasteiger partial charge >= 0.3 is 5.97 Å². The minimum absolute atomic E-state index is 0. The third-order valence-electron chi connectivity index (χ3n) is 2.76. The second-order valence-electron chi connectivity index (χ2n) is 4.03. The molecule has 1 fully saturated rings. The normalized spacial score (nSPS) is 21.6. The lowest BCUT2D eigenvalue weighted by molar-refractivity contribution is -0.142. The predicted molar refractivity (Wildman–Crippen MR) is 66.4 cm³/mol. The van der Waals surface area contributed by atoms with Gasteiger partial charge < -0.3 is 14.8 Å². The summed E-state index contributed by atoms with van der Waals surface area (Å²) in [6.07, 6.45) is -0.0202. The number of rotatable bonds is 3. The van der Waals surface area contributed by atoms with Gasteiger partial charge in [-0.2, -0.15) is 0 Å². The molecule has 4 nitrogen and oxygen atoms in total. The van der Waals surface area contributed by atoms with Crippen molar-refractivity contribution in [3.05, 3.63) is 29.8 Å². The average Bonchev–Trinajstić information content (AvgIpc) is 2.81. The van der Waals surface area contributed by atoms with Crippen LogP contribution in [0.3, 0.4) is 0 Å². The van der Waals surface area contributed by atoms with Crippen molar-refractivity contribution in [2.45, 2.75) is 18.6 Å². The van der Waals surface area contributed by atoms with Crippen LogP contribution in [0.15, 0.2) is 18.2 Å². The Labute approximate surface area is 115 Å². The largest absolute Gasteiger partial charge is 0.486 e. The molecule has 1 aliphatic heterocycles. The Kier molecular flexibility index (Phi) is 5.50. The first kappa shape index (κ1) is 15.7. The average molecular weight is 294 g/mol. The lowest BCUT2D eigenvalue weighted by Crippen LogP contribution is -2.31. The van der Waals surface area contributed by atoms with Gasteiger partial charge in [0.15, 0.2) is 11.6 Å². The van der Waals surface area contributed by atoms with E-state index in [-0.39, 0.29) is 30.2 Å². The first-order chi connectivity index (χ1) is 8.60. The fraction of sp³-hybridized carbons (Fsp3) is 0.417. The van der Waals surface area contributed by atoms with Gasteiger partial charge in [-0.05, 0) is 12.1 Å². The molecule has 0 saturated carbocycles. The molecule has 1 aromatic carbocycles. The molecule has 0 unspecified atom stereocenters. The zero-order valence-corrected chi connectivity index (χ0v) is 11.0. The third kappa shape index (κ3) is 3.78. The van der Waals surface area contributed by atoms with Crippen molar-refractivity contribution >= 4 is 18.4 Å². The second kappa shape index (κ2) is 6.68. The molecule has 0 amide bonds. The van der Waals surface area contributed by atoms with Crippen molar-refractivity contribution in [1.82, 2.24) is 5.32 Å². The van der Waals surface area contributed by atoms with E-state index in [0.717, 1.165) is 18.2 Å². The Morgan fingerprint density at radius 3 is 2.84 bits per heavy atom. The molecule has 0 aromatic heterocycles. The molecule has 19 heavy (non-hydrogen) atoms. The Morgan fingerprint density at radius 2 is 2.16 bits per heavy atom. The van der Waals surface area contributed by atoms with Gasteiger partial charge in [0.2, 0.25) is 0 Å². The fourth-order valence-electron chi connectivity index (χ4n) is 1.86. The Hall–Kier alpha value is -1.40. The maximum Gasteiger partial charge on any atom is 0.323 e. The quantitative estimate of drug-likeness (QED) is 0.861. The predicted octanol–water partition coefficient (Wildman–Crippen LogP) is 1.67. The number of nitrogens with one attached hydrogen (secondary N) is 1. The minimum Gasteiger partial charge on any atom is -0.486 e. The number of carbonyl (C=O) groups excluding carboxylic acids is 1. The lowest BCUT2D eigenvalue weighted by atomic mass is 10.2. The van der Waals surface area contributed by atoms with Crippen molar-refractivity contribution in [1.29, 1.82) is 0 Å². The number of carbonyl (C=O) groups is 1. The molecule has 2 atom stereocenters. The highest BCUT2D eigenvalue weighted by atomic mass is 35.5. The number of hydrogen-bond acceptors (Lipinski definition) is 4. The molecule has 1 N–H and O–H groups in total. The second-order valence-corrected chi connectivity index (χ2v) is 4.03. The van der Waals surface area contributed by atoms with Crippen LogP contribution >= 0.6 is 12.4 Å². The van der Waals surface area contributed by atoms with E-state index in [1.54, 1.807) is 0 Å². The van der Waals surface area contributed by atoms with Crippen molar-refractivity contribution in [3.63, 3.8) is 0 Å². The summed E-state index contributed by atoms with van der Waals surface area (Å²) in [7, 11) is 1.30. The molecule has 0 spiro atoms. The van der Waals surface area contributed by atoms with E-state index in [0.29, 0.717) is 13.0 Å². The van der Waals surface area contributed by atoms with Crippen LogP contribution in [0.4, 0.5) is 8.78 Å². The van der Waals surface area contributed by atoms with Crippen LogP contribution in [0.1, 0.15) is 6.42 Å². The summed E-state index contributed by atoms with van der Waals surface area (Å²) in [5.41, 5.74) is 0. The molecule has 1 saturated heterocycles. The molecule has 2 rings (SSSR count). The molecule has 1 heterocycles. The van der Waals surface area contributed by atoms with Crippen LogP contribution in [0.25, 0.3) is 0 Å². The Balaban J connectivity index is 0.00000180. The van der Waals surface area contributed by atoms with E-state index in [2.05, 4.69) is 10.1 Å². The van der Waals surface area contributed by atoms with Gasteiger partial charge in [0, 0.05) is 19.0 Å². The van der Waals surface area contributed by atoms with E-state index in [9.17, 15) is 13.6 Å². The highest BCUT2D eigenvalue weighted by Gasteiger charge is 2.31. The van der Waals surface area contributed by atoms with E-state index >= 15 is 0 Å². The summed E-state index contributed by atoms with van der Waals surface area (Å²) < 4.78 is 36.2. The van der Waals surface area contributed by atoms with Crippen LogP contribution in [0.5, 0.6) is 5.75 Å². The molecular formula is C12H14ClF2NO3. The van der Waals surface area contributed by atoms with Crippen molar-refractivity contribution in [2.75, 3.05) is 13.7 Å². The molecule has 0 aliphatic carbocycles. The smallest absolute Gasteiger partial charge is 0.323 e. The maximum atomic E-state index is 13.3. The van der Waals surface area contributed by atoms with E-state index < -0.39 is 17.7 Å². The monoisotopic (exact) mass is 293 g/mol. The highest BCUT2D eigenvalue weighted by Crippen LogP contribution is 2.22. The summed E-state index contributed by atoms with van der Waals surface area (Å²) in [6.45, 7) is 0.385. The first-order valence-corrected chi connectivity index (χ1v) is 5.53. The molecule has 0 bridgehead atoms. The van der Waals surface area contributed by atoms with Gasteiger partial charge in [0.1, 0.15) is 18.0 Å². The van der Waals surface area contributed by atoms with Crippen LogP contribution in [0, 0.1) is 11.6 Å². The highest BCUT2D eigenvalue weighted by molar-refractivity contribution is 5.85. The molecule has 1 aromatic rings. The molecule has 0 radical (unpaired) electrons. The number of halogens is 3. The number of methoxy groups -OCH3 is 1. The third-order valence-corrected chi connectivity index (χ3v) is 2.76. The molecular weight excluding hydrogens is 280 g/mol. The number of ether oxygens (including phenoxy) is 2. The van der Waals surface area contributed by atoms with E-state index in [1.165, 1.54) is 7.11 Å². The number of hydrogen-bond donors (Lipinski definition) is 1. The number of esters is 1. The van der Waals surface area contributed by atoms with Crippen LogP contribution in [-0.4, -0.2) is 31.8 Å². The SMILES string of the molecule is COC(=O)[C@H]1C[C@@H](Oc2cc(F)ccc2F)CN1.Cl. The maximum absolute atomic E-state index is 13.3. The van der Waals surface area contributed by atoms with Crippen LogP contribution in [-0.2, 0) is 9.53 Å². The topological polar surface area (TPSA) is 47.6 Å². The first-order valence-electron chi connectivity index (χ1n) is 5.53. The lowest BCUT2D eigenvalue weighted by Gasteiger charge is -2.13. The minimum atomic E-state index is -0.627. The Bertz CT molecular complexity index is 459. The van der Waals surface area contributed by atoms with Crippen molar-refractivity contribution < 1.29 is 23.0 Å². The van der Waals surface area contributed by atoms with E-state index in [1.807, 2.05) is 0 Å². The summed E-state index contributed by atoms with van der Waals surface area (Å²) >= 11 is 0. The summed E-state index contributed by atoms with van der Waals surface area (Å²) in [4.78, 5) is 11.3. The standard InChI is InChI=1S/C12H13F2NO3.ClH/c1-17-12(16)10-5-8(6-15-10)18-11-4-7(13)2-3-9(11)14;/h2-4,8,10,15H,5-6H2,1H3;1H/t8-,10-;/m1./s1. The Morgan fingerprint density at radius 1 is 1.42 bits per heavy atom. The van der Waals surface area contributed by atoms with Gasteiger partial charge in [0.05, 0.1) is 7.11 Å². The van der Waals surface area contributed by atoms with Gasteiger partial charge in [0.25, 0.3) is 0 Å². The summed E-state index contributed by atoms with van der Waals surface area (Å²) in [5, 5.41) is 2.90. The zero-order valence-electron chi connectivity index (χ0n) is 10.2. The van der Waals surface area contributed by atoms with E-state index in [4.69, 9.17) is 4.74 Å². The van der Waals surface area contributed by atoms with Crippen molar-refractivity contribution in [3.8, 4) is 5.75 Å². The molecule has 1 aliphatic rings. The summed E-state index contributed by atoms with van der Waals surface area (Å²) in [5.74, 6) is -1.73. The van der Waals surface area contributed by atoms with Gasteiger partial charge in [-0.3, -0.25) is 4.79 Å². The fourth-order valence-corrected chi connectivity index (χ4v) is 1.86. The van der Waals surface area contributed by atoms with Crippen LogP contribution in [0.2, 0.25) is 0 Å². The van der Waals surface area contributed by atoms with Crippen molar-refractivity contribution in [2.24, 2.45) is 0 Å². The summed E-state index contributed by atoms with van der Waals surface area (Å²) in [6, 6.07) is 2.55. The van der Waals surface area contributed by atoms with Gasteiger partial charge in [-0.15, -0.1) is 12.4 Å². The van der Waals surface area contributed by atoms with Crippen LogP contribution < -0.4 is 10.1 Å². The zero-order chi connectivity index (χ0) is 13.1. The number of benzene rings is 1. The molecule has 106 valence electrons.